The Bertz CT molecular complexity index is 2070. The Labute approximate surface area is 302 Å². The second-order valence-corrected chi connectivity index (χ2v) is 11.9. The quantitative estimate of drug-likeness (QED) is 0.0895. The molecule has 0 saturated carbocycles. The number of carbonyl (C=O) groups excluding carboxylic acids is 1. The number of carboxylic acid groups (broad SMARTS) is 1. The van der Waals surface area contributed by atoms with Crippen LogP contribution in [-0.2, 0) is 25.0 Å². The van der Waals surface area contributed by atoms with E-state index in [1.807, 2.05) is 0 Å². The first-order valence-electron chi connectivity index (χ1n) is 12.2. The number of carboxylic acids is 1. The molecule has 0 bridgehead atoms. The minimum atomic E-state index is -5.23. The van der Waals surface area contributed by atoms with Crippen molar-refractivity contribution in [1.82, 2.24) is 15.0 Å². The molecule has 0 atom stereocenters. The molecule has 3 N–H and O–H groups in total. The molecule has 0 unspecified atom stereocenters. The molecule has 3 aromatic carbocycles. The largest absolute Gasteiger partial charge is 1.00 e. The summed E-state index contributed by atoms with van der Waals surface area (Å²) in [5.41, 5.74) is -2.17. The van der Waals surface area contributed by atoms with Gasteiger partial charge in [-0.05, 0) is 35.0 Å². The first-order chi connectivity index (χ1) is 20.7. The van der Waals surface area contributed by atoms with Crippen molar-refractivity contribution in [2.24, 2.45) is 10.2 Å². The van der Waals surface area contributed by atoms with Crippen LogP contribution in [0.4, 0.5) is 29.0 Å². The molecule has 1 aliphatic rings. The fourth-order valence-electron chi connectivity index (χ4n) is 4.25. The van der Waals surface area contributed by atoms with Crippen LogP contribution in [0.2, 0.25) is 0 Å². The summed E-state index contributed by atoms with van der Waals surface area (Å²) in [6.07, 6.45) is 0. The minimum absolute atomic E-state index is 0. The van der Waals surface area contributed by atoms with Crippen LogP contribution >= 0.6 is 0 Å². The van der Waals surface area contributed by atoms with E-state index >= 15 is 0 Å². The van der Waals surface area contributed by atoms with Crippen LogP contribution in [0.15, 0.2) is 62.5 Å². The van der Waals surface area contributed by atoms with Crippen LogP contribution < -0.4 is 82.1 Å². The van der Waals surface area contributed by atoms with E-state index in [0.29, 0.717) is 32.4 Å². The summed E-state index contributed by atoms with van der Waals surface area (Å²) in [4.78, 5) is 22.7. The summed E-state index contributed by atoms with van der Waals surface area (Å²) in [6.45, 7) is 1.32. The molecule has 47 heavy (non-hydrogen) atoms. The van der Waals surface area contributed by atoms with E-state index in [0.717, 1.165) is 18.2 Å². The number of carbonyl (C=O) groups is 1. The van der Waals surface area contributed by atoms with Gasteiger partial charge in [-0.25, -0.2) is 9.97 Å². The normalized spacial score (nSPS) is 13.4. The van der Waals surface area contributed by atoms with Gasteiger partial charge in [0, 0.05) is 24.3 Å². The van der Waals surface area contributed by atoms with E-state index in [4.69, 9.17) is 4.74 Å². The number of benzene rings is 3. The third kappa shape index (κ3) is 9.02. The van der Waals surface area contributed by atoms with Crippen molar-refractivity contribution in [3.05, 3.63) is 48.0 Å². The molecule has 23 heteroatoms. The van der Waals surface area contributed by atoms with Crippen molar-refractivity contribution in [3.8, 4) is 11.8 Å². The summed E-state index contributed by atoms with van der Waals surface area (Å²) in [7, 11) is -10.2. The molecule has 0 radical (unpaired) electrons. The van der Waals surface area contributed by atoms with E-state index in [-0.39, 0.29) is 68.2 Å². The van der Waals surface area contributed by atoms with Crippen molar-refractivity contribution < 1.29 is 107 Å². The number of morpholine rings is 1. The maximum atomic E-state index is 13.7. The molecule has 18 nitrogen and oxygen atoms in total. The van der Waals surface area contributed by atoms with Crippen LogP contribution in [0.3, 0.4) is 0 Å². The van der Waals surface area contributed by atoms with Gasteiger partial charge in [-0.15, -0.1) is 10.2 Å². The first-order valence-corrected chi connectivity index (χ1v) is 15.1. The van der Waals surface area contributed by atoms with Gasteiger partial charge in [0.05, 0.1) is 41.5 Å². The van der Waals surface area contributed by atoms with Crippen LogP contribution in [0.1, 0.15) is 10.4 Å². The van der Waals surface area contributed by atoms with Crippen molar-refractivity contribution in [3.63, 3.8) is 0 Å². The predicted octanol–water partition coefficient (Wildman–Crippen LogP) is -8.96. The van der Waals surface area contributed by atoms with Gasteiger partial charge in [0.1, 0.15) is 4.90 Å². The van der Waals surface area contributed by atoms with Gasteiger partial charge in [0.2, 0.25) is 11.9 Å². The molecule has 1 saturated heterocycles. The average Bonchev–Trinajstić information content (AvgIpc) is 2.95. The van der Waals surface area contributed by atoms with E-state index in [9.17, 15) is 46.1 Å². The van der Waals surface area contributed by atoms with E-state index < -0.39 is 81.4 Å². The number of nitrogens with zero attached hydrogens (tertiary/aromatic N) is 6. The van der Waals surface area contributed by atoms with Gasteiger partial charge in [-0.2, -0.15) is 21.8 Å². The predicted molar refractivity (Wildman–Crippen MR) is 144 cm³/mol. The third-order valence-corrected chi connectivity index (χ3v) is 7.90. The topological polar surface area (TPSA) is 283 Å². The zero-order valence-corrected chi connectivity index (χ0v) is 26.6. The molecule has 1 aliphatic heterocycles. The van der Waals surface area contributed by atoms with Crippen LogP contribution in [0, 0.1) is 0 Å². The molecule has 2 heterocycles. The van der Waals surface area contributed by atoms with Crippen molar-refractivity contribution in [1.29, 1.82) is 0 Å². The van der Waals surface area contributed by atoms with Gasteiger partial charge in [0.15, 0.2) is 0 Å². The number of ether oxygens (including phenoxy) is 1. The molecular weight excluding hydrogens is 647 g/mol. The number of rotatable bonds is 8. The Morgan fingerprint density at radius 2 is 1.57 bits per heavy atom. The van der Waals surface area contributed by atoms with Gasteiger partial charge in [-0.3, -0.25) is 9.11 Å². The second-order valence-electron chi connectivity index (χ2n) is 9.04. The Kier molecular flexibility index (Phi) is 13.4. The summed E-state index contributed by atoms with van der Waals surface area (Å²) in [6, 6.07) is 6.29. The molecule has 0 amide bonds. The second kappa shape index (κ2) is 15.8. The van der Waals surface area contributed by atoms with Crippen molar-refractivity contribution in [2.75, 3.05) is 36.5 Å². The average molecular weight is 665 g/mol. The fraction of sp³-hybridized carbons (Fsp3) is 0.167. The number of aromatic nitrogens is 3. The zero-order valence-electron chi connectivity index (χ0n) is 24.9. The smallest absolute Gasteiger partial charge is 0.870 e. The summed E-state index contributed by atoms with van der Waals surface area (Å²) < 4.78 is 73.5. The molecule has 5 rings (SSSR count). The number of hydrogen-bond acceptors (Lipinski definition) is 16. The van der Waals surface area contributed by atoms with Gasteiger partial charge in [0.25, 0.3) is 20.2 Å². The number of aromatic carboxylic acids is 1. The summed E-state index contributed by atoms with van der Waals surface area (Å²) in [5.74, 6) is -3.38. The van der Waals surface area contributed by atoms with E-state index in [1.54, 1.807) is 4.90 Å². The van der Waals surface area contributed by atoms with E-state index in [1.165, 1.54) is 18.2 Å². The van der Waals surface area contributed by atoms with Crippen molar-refractivity contribution >= 4 is 65.9 Å². The third-order valence-electron chi connectivity index (χ3n) is 6.21. The molecular formula is C24H18Li3N7O11S2. The Morgan fingerprint density at radius 3 is 2.19 bits per heavy atom. The zero-order chi connectivity index (χ0) is 31.8. The fourth-order valence-corrected chi connectivity index (χ4v) is 5.44. The molecule has 1 fully saturated rings. The molecule has 0 spiro atoms. The van der Waals surface area contributed by atoms with Crippen LogP contribution in [0.5, 0.6) is 11.8 Å². The minimum Gasteiger partial charge on any atom is -0.870 e. The standard InChI is InChI=1S/C24H21N7O11S2.3Li/c32-20-18-12(10-17(44(39,40)41)19(20)30-29-15-4-2-1-3-14(15)21(33)34)9-13(43(36,37)38)11-16(18)25-22-26-23(28-24(35)27-22)31-5-7-42-8-6-31;;;/h1-4,9-11,32H,5-8H2,(H,33,34)(H,36,37,38)(H,39,40,41)(H2,25,26,27,28,35);;;/q;3*+1/p-3. The molecule has 0 aliphatic carbocycles. The molecule has 1 aromatic heterocycles. The Balaban J connectivity index is 0.00000256. The Morgan fingerprint density at radius 1 is 0.915 bits per heavy atom. The van der Waals surface area contributed by atoms with Crippen molar-refractivity contribution in [2.45, 2.75) is 9.79 Å². The van der Waals surface area contributed by atoms with E-state index in [2.05, 4.69) is 30.5 Å². The number of anilines is 3. The monoisotopic (exact) mass is 665 g/mol. The maximum Gasteiger partial charge on any atom is 1.00 e. The molecule has 4 aromatic rings. The number of azo groups is 1. The SMILES string of the molecule is O=C([O-])c1ccccc1N=Nc1c(S(=O)(=O)O)cc2cc(S(=O)(=O)O)cc(Nc3nc([O-])nc(N4CCOCC4)n3)c2c1[O-].[Li+].[Li+].[Li+]. The summed E-state index contributed by atoms with van der Waals surface area (Å²) >= 11 is 0. The Hall–Kier alpha value is -3.23. The molecule has 230 valence electrons. The van der Waals surface area contributed by atoms with Gasteiger partial charge >= 0.3 is 56.6 Å². The number of hydrogen-bond donors (Lipinski definition) is 3. The number of fused-ring (bicyclic) bond motifs is 1. The van der Waals surface area contributed by atoms with Crippen LogP contribution in [0.25, 0.3) is 10.8 Å². The maximum absolute atomic E-state index is 13.7. The first kappa shape index (κ1) is 39.9. The van der Waals surface area contributed by atoms with Crippen LogP contribution in [-0.4, -0.2) is 73.2 Å². The number of nitrogens with one attached hydrogen (secondary N) is 1. The summed E-state index contributed by atoms with van der Waals surface area (Å²) in [5, 5.41) is 46.4. The van der Waals surface area contributed by atoms with Gasteiger partial charge in [-0.1, -0.05) is 23.9 Å². The van der Waals surface area contributed by atoms with Gasteiger partial charge < -0.3 is 35.1 Å².